The van der Waals surface area contributed by atoms with Crippen molar-refractivity contribution in [1.82, 2.24) is 14.4 Å². The van der Waals surface area contributed by atoms with E-state index in [2.05, 4.69) is 15.3 Å². The summed E-state index contributed by atoms with van der Waals surface area (Å²) >= 11 is 8.59. The van der Waals surface area contributed by atoms with Crippen LogP contribution in [0.2, 0.25) is 5.02 Å². The predicted molar refractivity (Wildman–Crippen MR) is 114 cm³/mol. The van der Waals surface area contributed by atoms with E-state index in [-0.39, 0.29) is 24.6 Å². The summed E-state index contributed by atoms with van der Waals surface area (Å²) in [4.78, 5) is 33.6. The van der Waals surface area contributed by atoms with E-state index in [9.17, 15) is 9.59 Å². The third-order valence-corrected chi connectivity index (χ3v) is 5.90. The number of benzene rings is 1. The Morgan fingerprint density at radius 2 is 1.97 bits per heavy atom. The zero-order valence-electron chi connectivity index (χ0n) is 15.2. The molecule has 4 aromatic rings. The van der Waals surface area contributed by atoms with E-state index in [1.165, 1.54) is 22.7 Å². The fourth-order valence-corrected chi connectivity index (χ4v) is 4.37. The van der Waals surface area contributed by atoms with Crippen molar-refractivity contribution in [3.8, 4) is 11.3 Å². The van der Waals surface area contributed by atoms with E-state index in [0.717, 1.165) is 21.9 Å². The van der Waals surface area contributed by atoms with Crippen molar-refractivity contribution in [2.24, 2.45) is 0 Å². The molecule has 0 unspecified atom stereocenters. The summed E-state index contributed by atoms with van der Waals surface area (Å²) < 4.78 is 6.80. The fourth-order valence-electron chi connectivity index (χ4n) is 2.67. The smallest absolute Gasteiger partial charge is 0.357 e. The molecule has 0 fully saturated rings. The van der Waals surface area contributed by atoms with Crippen molar-refractivity contribution in [3.05, 3.63) is 57.6 Å². The Hall–Kier alpha value is -2.75. The van der Waals surface area contributed by atoms with Crippen LogP contribution in [0.15, 0.2) is 41.2 Å². The number of nitrogens with one attached hydrogen (secondary N) is 1. The maximum atomic E-state index is 12.4. The Labute approximate surface area is 178 Å². The van der Waals surface area contributed by atoms with Crippen LogP contribution in [0.25, 0.3) is 16.2 Å². The van der Waals surface area contributed by atoms with E-state index in [1.807, 2.05) is 40.2 Å². The lowest BCUT2D eigenvalue weighted by molar-refractivity contribution is -0.115. The Kier molecular flexibility index (Phi) is 5.61. The Bertz CT molecular complexity index is 1180. The van der Waals surface area contributed by atoms with Crippen LogP contribution in [0.3, 0.4) is 0 Å². The van der Waals surface area contributed by atoms with Crippen molar-refractivity contribution >= 4 is 56.2 Å². The van der Waals surface area contributed by atoms with Gasteiger partial charge in [-0.05, 0) is 19.1 Å². The number of nitrogens with zero attached hydrogens (tertiary/aromatic N) is 3. The zero-order chi connectivity index (χ0) is 20.4. The number of amides is 1. The van der Waals surface area contributed by atoms with Crippen LogP contribution in [0.5, 0.6) is 0 Å². The Morgan fingerprint density at radius 1 is 1.17 bits per heavy atom. The zero-order valence-corrected chi connectivity index (χ0v) is 17.6. The second kappa shape index (κ2) is 8.32. The van der Waals surface area contributed by atoms with Crippen LogP contribution in [0, 0.1) is 0 Å². The van der Waals surface area contributed by atoms with Crippen LogP contribution in [0.1, 0.15) is 23.1 Å². The molecule has 0 atom stereocenters. The number of ether oxygens (including phenoxy) is 1. The fraction of sp³-hybridized carbons (Fsp3) is 0.158. The molecule has 29 heavy (non-hydrogen) atoms. The predicted octanol–water partition coefficient (Wildman–Crippen LogP) is 4.53. The van der Waals surface area contributed by atoms with Gasteiger partial charge in [-0.25, -0.2) is 14.8 Å². The van der Waals surface area contributed by atoms with Gasteiger partial charge in [-0.1, -0.05) is 23.7 Å². The first kappa shape index (κ1) is 19.6. The van der Waals surface area contributed by atoms with Gasteiger partial charge in [0.2, 0.25) is 5.91 Å². The van der Waals surface area contributed by atoms with Gasteiger partial charge in [0.25, 0.3) is 0 Å². The molecule has 1 amide bonds. The number of thiazole rings is 2. The highest BCUT2D eigenvalue weighted by Gasteiger charge is 2.16. The number of esters is 1. The van der Waals surface area contributed by atoms with Gasteiger partial charge < -0.3 is 10.1 Å². The van der Waals surface area contributed by atoms with Gasteiger partial charge in [0.1, 0.15) is 0 Å². The molecular weight excluding hydrogens is 432 g/mol. The average molecular weight is 447 g/mol. The number of aromatic nitrogens is 3. The quantitative estimate of drug-likeness (QED) is 0.440. The molecule has 10 heteroatoms. The van der Waals surface area contributed by atoms with Crippen molar-refractivity contribution < 1.29 is 14.3 Å². The minimum absolute atomic E-state index is 0.157. The van der Waals surface area contributed by atoms with Crippen LogP contribution < -0.4 is 5.32 Å². The highest BCUT2D eigenvalue weighted by molar-refractivity contribution is 7.15. The van der Waals surface area contributed by atoms with Crippen LogP contribution in [-0.4, -0.2) is 32.9 Å². The summed E-state index contributed by atoms with van der Waals surface area (Å²) in [5.74, 6) is -0.729. The summed E-state index contributed by atoms with van der Waals surface area (Å²) in [5.41, 5.74) is 2.77. The molecular formula is C19H15ClN4O3S2. The van der Waals surface area contributed by atoms with E-state index in [4.69, 9.17) is 16.3 Å². The van der Waals surface area contributed by atoms with Gasteiger partial charge in [0.15, 0.2) is 15.8 Å². The molecule has 3 heterocycles. The number of hydrogen-bond donors (Lipinski definition) is 1. The first-order valence-corrected chi connectivity index (χ1v) is 10.8. The van der Waals surface area contributed by atoms with Crippen molar-refractivity contribution in [2.75, 3.05) is 11.9 Å². The standard InChI is InChI=1S/C19H15ClN4O3S2/c1-2-27-17(26)15-10-28-18(21-15)23-16(25)7-13-9-29-19-22-14(8-24(13)19)11-3-5-12(20)6-4-11/h3-6,8-10H,2,7H2,1H3,(H,21,23,25). The largest absolute Gasteiger partial charge is 0.461 e. The maximum Gasteiger partial charge on any atom is 0.357 e. The van der Waals surface area contributed by atoms with Gasteiger partial charge in [0.05, 0.1) is 18.7 Å². The van der Waals surface area contributed by atoms with E-state index >= 15 is 0 Å². The SMILES string of the molecule is CCOC(=O)c1csc(NC(=O)Cc2csc3nc(-c4ccc(Cl)cc4)cn23)n1. The number of hydrogen-bond acceptors (Lipinski definition) is 7. The number of rotatable bonds is 6. The van der Waals surface area contributed by atoms with Crippen molar-refractivity contribution in [3.63, 3.8) is 0 Å². The molecule has 0 saturated heterocycles. The lowest BCUT2D eigenvalue weighted by Gasteiger charge is -2.01. The van der Waals surface area contributed by atoms with Crippen molar-refractivity contribution in [2.45, 2.75) is 13.3 Å². The molecule has 4 rings (SSSR count). The first-order chi connectivity index (χ1) is 14.0. The van der Waals surface area contributed by atoms with Gasteiger partial charge in [-0.2, -0.15) is 0 Å². The number of imidazole rings is 1. The Morgan fingerprint density at radius 3 is 2.72 bits per heavy atom. The molecule has 0 aliphatic rings. The normalized spacial score (nSPS) is 11.0. The summed E-state index contributed by atoms with van der Waals surface area (Å²) in [7, 11) is 0. The molecule has 0 aliphatic heterocycles. The number of carbonyl (C=O) groups excluding carboxylic acids is 2. The molecule has 7 nitrogen and oxygen atoms in total. The summed E-state index contributed by atoms with van der Waals surface area (Å²) in [6, 6.07) is 7.45. The average Bonchev–Trinajstić information content (AvgIpc) is 3.40. The van der Waals surface area contributed by atoms with Crippen molar-refractivity contribution in [1.29, 1.82) is 0 Å². The van der Waals surface area contributed by atoms with Crippen LogP contribution >= 0.6 is 34.3 Å². The molecule has 0 radical (unpaired) electrons. The summed E-state index contributed by atoms with van der Waals surface area (Å²) in [6.45, 7) is 2.00. The lowest BCUT2D eigenvalue weighted by atomic mass is 10.2. The molecule has 0 bridgehead atoms. The highest BCUT2D eigenvalue weighted by Crippen LogP contribution is 2.25. The minimum Gasteiger partial charge on any atom is -0.461 e. The van der Waals surface area contributed by atoms with Gasteiger partial charge >= 0.3 is 5.97 Å². The summed E-state index contributed by atoms with van der Waals surface area (Å²) in [5, 5.41) is 7.21. The first-order valence-electron chi connectivity index (χ1n) is 8.67. The van der Waals surface area contributed by atoms with Gasteiger partial charge in [-0.3, -0.25) is 9.20 Å². The molecule has 1 N–H and O–H groups in total. The van der Waals surface area contributed by atoms with Crippen LogP contribution in [-0.2, 0) is 16.0 Å². The third kappa shape index (κ3) is 4.31. The number of anilines is 1. The van der Waals surface area contributed by atoms with Gasteiger partial charge in [-0.15, -0.1) is 22.7 Å². The minimum atomic E-state index is -0.503. The highest BCUT2D eigenvalue weighted by atomic mass is 35.5. The molecule has 0 saturated carbocycles. The number of fused-ring (bicyclic) bond motifs is 1. The summed E-state index contributed by atoms with van der Waals surface area (Å²) in [6.07, 6.45) is 2.06. The van der Waals surface area contributed by atoms with Crippen LogP contribution in [0.4, 0.5) is 5.13 Å². The third-order valence-electron chi connectivity index (χ3n) is 4.00. The lowest BCUT2D eigenvalue weighted by Crippen LogP contribution is -2.15. The van der Waals surface area contributed by atoms with E-state index in [0.29, 0.717) is 10.2 Å². The monoisotopic (exact) mass is 446 g/mol. The molecule has 0 aliphatic carbocycles. The second-order valence-corrected chi connectivity index (χ2v) is 8.13. The molecule has 0 spiro atoms. The Balaban J connectivity index is 1.47. The topological polar surface area (TPSA) is 85.6 Å². The molecule has 3 aromatic heterocycles. The number of carbonyl (C=O) groups is 2. The van der Waals surface area contributed by atoms with E-state index < -0.39 is 5.97 Å². The van der Waals surface area contributed by atoms with Gasteiger partial charge in [0, 0.05) is 33.2 Å². The maximum absolute atomic E-state index is 12.4. The molecule has 148 valence electrons. The number of halogens is 1. The molecule has 1 aromatic carbocycles. The van der Waals surface area contributed by atoms with E-state index in [1.54, 1.807) is 12.3 Å². The second-order valence-electron chi connectivity index (χ2n) is 6.00.